The highest BCUT2D eigenvalue weighted by Crippen LogP contribution is 2.24. The topological polar surface area (TPSA) is 43.8 Å². The van der Waals surface area contributed by atoms with E-state index in [0.29, 0.717) is 0 Å². The van der Waals surface area contributed by atoms with Crippen LogP contribution >= 0.6 is 11.8 Å². The lowest BCUT2D eigenvalue weighted by Gasteiger charge is -2.12. The lowest BCUT2D eigenvalue weighted by atomic mass is 10.0. The summed E-state index contributed by atoms with van der Waals surface area (Å²) in [6.07, 6.45) is 3.76. The molecule has 1 atom stereocenters. The number of aromatic nitrogens is 2. The molecular weight excluding hydrogens is 266 g/mol. The molecule has 0 saturated carbocycles. The van der Waals surface area contributed by atoms with E-state index >= 15 is 0 Å². The quantitative estimate of drug-likeness (QED) is 0.747. The van der Waals surface area contributed by atoms with E-state index in [4.69, 9.17) is 5.73 Å². The highest BCUT2D eigenvalue weighted by molar-refractivity contribution is 7.99. The van der Waals surface area contributed by atoms with Gasteiger partial charge in [0, 0.05) is 31.2 Å². The minimum atomic E-state index is 0.0151. The van der Waals surface area contributed by atoms with Crippen molar-refractivity contribution >= 4 is 22.5 Å². The molecule has 20 heavy (non-hydrogen) atoms. The molecule has 2 N–H and O–H groups in total. The molecule has 1 heterocycles. The molecule has 1 unspecified atom stereocenters. The Balaban J connectivity index is 1.75. The standard InChI is InChI=1S/C16H17N3S/c1-19-9-8-18-16(19)20-11-15(17)14-7-6-12-4-2-3-5-13(12)10-14/h2-10,15H,11,17H2,1H3. The summed E-state index contributed by atoms with van der Waals surface area (Å²) < 4.78 is 2.01. The molecule has 0 radical (unpaired) electrons. The number of aryl methyl sites for hydroxylation is 1. The van der Waals surface area contributed by atoms with Gasteiger partial charge in [-0.25, -0.2) is 4.98 Å². The van der Waals surface area contributed by atoms with Crippen molar-refractivity contribution in [1.82, 2.24) is 9.55 Å². The number of imidazole rings is 1. The molecule has 0 aliphatic carbocycles. The third-order valence-electron chi connectivity index (χ3n) is 3.37. The number of thioether (sulfide) groups is 1. The van der Waals surface area contributed by atoms with Gasteiger partial charge in [0.25, 0.3) is 0 Å². The minimum absolute atomic E-state index is 0.0151. The molecule has 3 nitrogen and oxygen atoms in total. The number of hydrogen-bond acceptors (Lipinski definition) is 3. The fourth-order valence-electron chi connectivity index (χ4n) is 2.19. The average molecular weight is 283 g/mol. The molecule has 4 heteroatoms. The second-order valence-corrected chi connectivity index (χ2v) is 5.83. The van der Waals surface area contributed by atoms with Crippen molar-refractivity contribution in [3.63, 3.8) is 0 Å². The summed E-state index contributed by atoms with van der Waals surface area (Å²) in [5, 5.41) is 3.49. The summed E-state index contributed by atoms with van der Waals surface area (Å²) in [5.74, 6) is 0.823. The second-order valence-electron chi connectivity index (χ2n) is 4.84. The average Bonchev–Trinajstić information content (AvgIpc) is 2.89. The van der Waals surface area contributed by atoms with E-state index in [0.717, 1.165) is 10.9 Å². The van der Waals surface area contributed by atoms with Crippen LogP contribution in [0.25, 0.3) is 10.8 Å². The molecule has 0 aliphatic rings. The summed E-state index contributed by atoms with van der Waals surface area (Å²) in [6, 6.07) is 14.8. The highest BCUT2D eigenvalue weighted by Gasteiger charge is 2.09. The maximum atomic E-state index is 6.29. The molecule has 1 aromatic heterocycles. The Bertz CT molecular complexity index is 720. The third kappa shape index (κ3) is 2.71. The first-order valence-corrected chi connectivity index (χ1v) is 7.57. The van der Waals surface area contributed by atoms with Crippen LogP contribution in [0.4, 0.5) is 0 Å². The molecule has 2 aromatic carbocycles. The van der Waals surface area contributed by atoms with E-state index in [1.807, 2.05) is 24.0 Å². The summed E-state index contributed by atoms with van der Waals surface area (Å²) in [7, 11) is 2.00. The first-order valence-electron chi connectivity index (χ1n) is 6.58. The van der Waals surface area contributed by atoms with Crippen LogP contribution in [0.1, 0.15) is 11.6 Å². The van der Waals surface area contributed by atoms with Gasteiger partial charge in [-0.3, -0.25) is 0 Å². The van der Waals surface area contributed by atoms with Gasteiger partial charge in [0.1, 0.15) is 0 Å². The van der Waals surface area contributed by atoms with Crippen LogP contribution in [0.2, 0.25) is 0 Å². The van der Waals surface area contributed by atoms with Crippen LogP contribution < -0.4 is 5.73 Å². The summed E-state index contributed by atoms with van der Waals surface area (Å²) >= 11 is 1.69. The normalized spacial score (nSPS) is 12.7. The minimum Gasteiger partial charge on any atom is -0.329 e. The number of nitrogens with two attached hydrogens (primary N) is 1. The van der Waals surface area contributed by atoms with Gasteiger partial charge in [-0.15, -0.1) is 0 Å². The van der Waals surface area contributed by atoms with Crippen LogP contribution in [0, 0.1) is 0 Å². The van der Waals surface area contributed by atoms with Crippen molar-refractivity contribution in [2.75, 3.05) is 5.75 Å². The van der Waals surface area contributed by atoms with E-state index in [2.05, 4.69) is 47.4 Å². The zero-order chi connectivity index (χ0) is 13.9. The molecular formula is C16H17N3S. The van der Waals surface area contributed by atoms with E-state index in [1.165, 1.54) is 16.3 Å². The smallest absolute Gasteiger partial charge is 0.167 e. The van der Waals surface area contributed by atoms with Crippen LogP contribution in [0.5, 0.6) is 0 Å². The summed E-state index contributed by atoms with van der Waals surface area (Å²) in [4.78, 5) is 4.30. The first-order chi connectivity index (χ1) is 9.74. The predicted octanol–water partition coefficient (Wildman–Crippen LogP) is 3.37. The summed E-state index contributed by atoms with van der Waals surface area (Å²) in [6.45, 7) is 0. The van der Waals surface area contributed by atoms with E-state index < -0.39 is 0 Å². The number of hydrogen-bond donors (Lipinski definition) is 1. The molecule has 0 bridgehead atoms. The van der Waals surface area contributed by atoms with Crippen molar-refractivity contribution in [3.8, 4) is 0 Å². The maximum Gasteiger partial charge on any atom is 0.167 e. The molecule has 3 aromatic rings. The van der Waals surface area contributed by atoms with E-state index in [1.54, 1.807) is 11.8 Å². The zero-order valence-electron chi connectivity index (χ0n) is 11.4. The Kier molecular flexibility index (Phi) is 3.76. The highest BCUT2D eigenvalue weighted by atomic mass is 32.2. The molecule has 0 saturated heterocycles. The van der Waals surface area contributed by atoms with Crippen LogP contribution in [-0.4, -0.2) is 15.3 Å². The predicted molar refractivity (Wildman–Crippen MR) is 84.8 cm³/mol. The molecule has 0 fully saturated rings. The fourth-order valence-corrected chi connectivity index (χ4v) is 3.11. The van der Waals surface area contributed by atoms with Crippen molar-refractivity contribution < 1.29 is 0 Å². The monoisotopic (exact) mass is 283 g/mol. The van der Waals surface area contributed by atoms with Crippen LogP contribution in [0.15, 0.2) is 60.0 Å². The largest absolute Gasteiger partial charge is 0.329 e. The van der Waals surface area contributed by atoms with Crippen molar-refractivity contribution in [2.24, 2.45) is 12.8 Å². The Hall–Kier alpha value is -1.78. The molecule has 3 rings (SSSR count). The Morgan fingerprint density at radius 2 is 2.00 bits per heavy atom. The Labute approximate surface area is 122 Å². The van der Waals surface area contributed by atoms with Crippen molar-refractivity contribution in [2.45, 2.75) is 11.2 Å². The van der Waals surface area contributed by atoms with Gasteiger partial charge in [0.05, 0.1) is 0 Å². The third-order valence-corrected chi connectivity index (χ3v) is 4.55. The van der Waals surface area contributed by atoms with Crippen molar-refractivity contribution in [1.29, 1.82) is 0 Å². The molecule has 0 aliphatic heterocycles. The lowest BCUT2D eigenvalue weighted by Crippen LogP contribution is -2.13. The number of fused-ring (bicyclic) bond motifs is 1. The van der Waals surface area contributed by atoms with Crippen LogP contribution in [0.3, 0.4) is 0 Å². The van der Waals surface area contributed by atoms with Crippen LogP contribution in [-0.2, 0) is 7.05 Å². The van der Waals surface area contributed by atoms with Gasteiger partial charge in [0.2, 0.25) is 0 Å². The Morgan fingerprint density at radius 3 is 2.75 bits per heavy atom. The van der Waals surface area contributed by atoms with E-state index in [-0.39, 0.29) is 6.04 Å². The molecule has 0 spiro atoms. The maximum absolute atomic E-state index is 6.29. The van der Waals surface area contributed by atoms with Gasteiger partial charge in [-0.05, 0) is 22.4 Å². The lowest BCUT2D eigenvalue weighted by molar-refractivity contribution is 0.780. The van der Waals surface area contributed by atoms with Gasteiger partial charge in [-0.1, -0.05) is 48.2 Å². The van der Waals surface area contributed by atoms with Gasteiger partial charge in [0.15, 0.2) is 5.16 Å². The number of nitrogens with zero attached hydrogens (tertiary/aromatic N) is 2. The second kappa shape index (κ2) is 5.69. The molecule has 102 valence electrons. The summed E-state index contributed by atoms with van der Waals surface area (Å²) in [5.41, 5.74) is 7.47. The van der Waals surface area contributed by atoms with Gasteiger partial charge >= 0.3 is 0 Å². The zero-order valence-corrected chi connectivity index (χ0v) is 12.2. The Morgan fingerprint density at radius 1 is 1.20 bits per heavy atom. The van der Waals surface area contributed by atoms with Gasteiger partial charge in [-0.2, -0.15) is 0 Å². The fraction of sp³-hybridized carbons (Fsp3) is 0.188. The van der Waals surface area contributed by atoms with Crippen molar-refractivity contribution in [3.05, 3.63) is 60.4 Å². The molecule has 0 amide bonds. The SMILES string of the molecule is Cn1ccnc1SCC(N)c1ccc2ccccc2c1. The number of benzene rings is 2. The first kappa shape index (κ1) is 13.2. The number of rotatable bonds is 4. The van der Waals surface area contributed by atoms with Gasteiger partial charge < -0.3 is 10.3 Å². The van der Waals surface area contributed by atoms with E-state index in [9.17, 15) is 0 Å².